The number of amides is 1. The smallest absolute Gasteiger partial charge is 0.251 e. The fraction of sp³-hybridized carbons (Fsp3) is 0.381. The van der Waals surface area contributed by atoms with Crippen LogP contribution in [-0.4, -0.2) is 31.7 Å². The summed E-state index contributed by atoms with van der Waals surface area (Å²) in [6, 6.07) is 11.8. The summed E-state index contributed by atoms with van der Waals surface area (Å²) in [4.78, 5) is 12.9. The number of hydrogen-bond donors (Lipinski definition) is 1. The lowest BCUT2D eigenvalue weighted by Crippen LogP contribution is -2.32. The van der Waals surface area contributed by atoms with Crippen LogP contribution in [0.3, 0.4) is 0 Å². The van der Waals surface area contributed by atoms with Gasteiger partial charge in [-0.1, -0.05) is 26.0 Å². The molecular weight excluding hydrogens is 379 g/mol. The van der Waals surface area contributed by atoms with Crippen molar-refractivity contribution in [2.24, 2.45) is 5.92 Å². The highest BCUT2D eigenvalue weighted by Crippen LogP contribution is 2.24. The number of carbonyl (C=O) groups excluding carboxylic acids is 1. The van der Waals surface area contributed by atoms with Crippen molar-refractivity contribution >= 4 is 15.9 Å². The summed E-state index contributed by atoms with van der Waals surface area (Å²) in [5, 5.41) is 2.96. The van der Waals surface area contributed by atoms with Gasteiger partial charge in [0.2, 0.25) is 10.0 Å². The first-order valence-corrected chi connectivity index (χ1v) is 10.9. The Hall–Kier alpha value is -2.25. The van der Waals surface area contributed by atoms with E-state index in [-0.39, 0.29) is 28.6 Å². The molecule has 150 valence electrons. The molecule has 0 bridgehead atoms. The van der Waals surface area contributed by atoms with E-state index in [2.05, 4.69) is 5.32 Å². The van der Waals surface area contributed by atoms with Gasteiger partial charge in [-0.2, -0.15) is 4.31 Å². The molecule has 1 aliphatic heterocycles. The van der Waals surface area contributed by atoms with Crippen LogP contribution in [0.15, 0.2) is 53.4 Å². The second kappa shape index (κ2) is 8.41. The highest BCUT2D eigenvalue weighted by Gasteiger charge is 2.27. The summed E-state index contributed by atoms with van der Waals surface area (Å²) >= 11 is 0. The van der Waals surface area contributed by atoms with Crippen LogP contribution in [-0.2, 0) is 10.0 Å². The first kappa shape index (κ1) is 20.5. The molecular formula is C21H25FN2O3S. The molecule has 1 aliphatic rings. The van der Waals surface area contributed by atoms with Crippen LogP contribution >= 0.6 is 0 Å². The Morgan fingerprint density at radius 3 is 2.11 bits per heavy atom. The molecule has 0 aromatic heterocycles. The Balaban J connectivity index is 1.75. The van der Waals surface area contributed by atoms with Gasteiger partial charge in [-0.15, -0.1) is 0 Å². The second-order valence-corrected chi connectivity index (χ2v) is 9.32. The molecule has 2 aromatic rings. The zero-order chi connectivity index (χ0) is 20.3. The predicted molar refractivity (Wildman–Crippen MR) is 106 cm³/mol. The molecule has 0 aliphatic carbocycles. The van der Waals surface area contributed by atoms with Crippen molar-refractivity contribution in [2.75, 3.05) is 13.1 Å². The second-order valence-electron chi connectivity index (χ2n) is 7.38. The van der Waals surface area contributed by atoms with Gasteiger partial charge >= 0.3 is 0 Å². The molecule has 1 N–H and O–H groups in total. The number of halogens is 1. The summed E-state index contributed by atoms with van der Waals surface area (Å²) in [6.07, 6.45) is 1.75. The maximum Gasteiger partial charge on any atom is 0.251 e. The third-order valence-corrected chi connectivity index (χ3v) is 6.91. The van der Waals surface area contributed by atoms with Crippen LogP contribution in [0, 0.1) is 11.7 Å². The van der Waals surface area contributed by atoms with E-state index < -0.39 is 10.0 Å². The molecule has 0 radical (unpaired) electrons. The molecule has 28 heavy (non-hydrogen) atoms. The number of nitrogens with zero attached hydrogens (tertiary/aromatic N) is 1. The predicted octanol–water partition coefficient (Wildman–Crippen LogP) is 3.74. The number of carbonyl (C=O) groups is 1. The fourth-order valence-corrected chi connectivity index (χ4v) is 4.90. The molecule has 2 aromatic carbocycles. The van der Waals surface area contributed by atoms with E-state index >= 15 is 0 Å². The highest BCUT2D eigenvalue weighted by atomic mass is 32.2. The van der Waals surface area contributed by atoms with Crippen molar-refractivity contribution in [3.8, 4) is 0 Å². The van der Waals surface area contributed by atoms with Crippen LogP contribution in [0.5, 0.6) is 0 Å². The Morgan fingerprint density at radius 2 is 1.57 bits per heavy atom. The van der Waals surface area contributed by atoms with E-state index in [1.807, 2.05) is 13.8 Å². The SMILES string of the molecule is CC(C)C(NC(=O)c1ccc(S(=O)(=O)N2CCCC2)cc1)c1ccc(F)cc1. The number of benzene rings is 2. The fourth-order valence-electron chi connectivity index (χ4n) is 3.39. The Morgan fingerprint density at radius 1 is 1.00 bits per heavy atom. The van der Waals surface area contributed by atoms with Crippen LogP contribution < -0.4 is 5.32 Å². The van der Waals surface area contributed by atoms with Gasteiger partial charge in [-0.05, 0) is 60.7 Å². The van der Waals surface area contributed by atoms with Gasteiger partial charge in [-0.25, -0.2) is 12.8 Å². The summed E-state index contributed by atoms with van der Waals surface area (Å²) in [5.41, 5.74) is 1.20. The Kier molecular flexibility index (Phi) is 6.15. The molecule has 0 saturated carbocycles. The van der Waals surface area contributed by atoms with Crippen molar-refractivity contribution in [3.63, 3.8) is 0 Å². The Labute approximate surface area is 165 Å². The quantitative estimate of drug-likeness (QED) is 0.798. The summed E-state index contributed by atoms with van der Waals surface area (Å²) in [7, 11) is -3.50. The summed E-state index contributed by atoms with van der Waals surface area (Å²) in [5.74, 6) is -0.523. The van der Waals surface area contributed by atoms with Gasteiger partial charge in [-0.3, -0.25) is 4.79 Å². The number of rotatable bonds is 6. The van der Waals surface area contributed by atoms with Gasteiger partial charge in [0.1, 0.15) is 5.82 Å². The molecule has 1 saturated heterocycles. The number of nitrogens with one attached hydrogen (secondary N) is 1. The van der Waals surface area contributed by atoms with Gasteiger partial charge in [0.05, 0.1) is 10.9 Å². The van der Waals surface area contributed by atoms with Crippen LogP contribution in [0.4, 0.5) is 4.39 Å². The molecule has 5 nitrogen and oxygen atoms in total. The lowest BCUT2D eigenvalue weighted by atomic mass is 9.95. The first-order valence-electron chi connectivity index (χ1n) is 9.45. The molecule has 0 spiro atoms. The molecule has 7 heteroatoms. The highest BCUT2D eigenvalue weighted by molar-refractivity contribution is 7.89. The largest absolute Gasteiger partial charge is 0.345 e. The third-order valence-electron chi connectivity index (χ3n) is 5.00. The van der Waals surface area contributed by atoms with Gasteiger partial charge < -0.3 is 5.32 Å². The lowest BCUT2D eigenvalue weighted by molar-refractivity contribution is 0.0925. The Bertz CT molecular complexity index is 919. The molecule has 1 unspecified atom stereocenters. The van der Waals surface area contributed by atoms with Crippen molar-refractivity contribution in [2.45, 2.75) is 37.6 Å². The van der Waals surface area contributed by atoms with E-state index in [0.29, 0.717) is 18.7 Å². The van der Waals surface area contributed by atoms with E-state index in [1.54, 1.807) is 12.1 Å². The normalized spacial score (nSPS) is 16.3. The van der Waals surface area contributed by atoms with Crippen LogP contribution in [0.1, 0.15) is 48.7 Å². The first-order chi connectivity index (χ1) is 13.3. The van der Waals surface area contributed by atoms with Crippen molar-refractivity contribution in [1.82, 2.24) is 9.62 Å². The van der Waals surface area contributed by atoms with Gasteiger partial charge in [0.15, 0.2) is 0 Å². The summed E-state index contributed by atoms with van der Waals surface area (Å²) < 4.78 is 39.8. The van der Waals surface area contributed by atoms with Gasteiger partial charge in [0, 0.05) is 18.7 Å². The standard InChI is InChI=1S/C21H25FN2O3S/c1-15(2)20(16-5-9-18(22)10-6-16)23-21(25)17-7-11-19(12-8-17)28(26,27)24-13-3-4-14-24/h5-12,15,20H,3-4,13-14H2,1-2H3,(H,23,25). The number of sulfonamides is 1. The van der Waals surface area contributed by atoms with E-state index in [9.17, 15) is 17.6 Å². The van der Waals surface area contributed by atoms with E-state index in [1.165, 1.54) is 40.7 Å². The molecule has 1 heterocycles. The van der Waals surface area contributed by atoms with Crippen molar-refractivity contribution in [3.05, 3.63) is 65.5 Å². The minimum atomic E-state index is -3.50. The average molecular weight is 405 g/mol. The molecule has 1 fully saturated rings. The minimum absolute atomic E-state index is 0.101. The monoisotopic (exact) mass is 404 g/mol. The average Bonchev–Trinajstić information content (AvgIpc) is 3.22. The minimum Gasteiger partial charge on any atom is -0.345 e. The van der Waals surface area contributed by atoms with E-state index in [0.717, 1.165) is 18.4 Å². The lowest BCUT2D eigenvalue weighted by Gasteiger charge is -2.23. The topological polar surface area (TPSA) is 66.5 Å². The summed E-state index contributed by atoms with van der Waals surface area (Å²) in [6.45, 7) is 5.02. The van der Waals surface area contributed by atoms with Gasteiger partial charge in [0.25, 0.3) is 5.91 Å². The zero-order valence-electron chi connectivity index (χ0n) is 16.1. The molecule has 1 amide bonds. The van der Waals surface area contributed by atoms with Crippen molar-refractivity contribution < 1.29 is 17.6 Å². The van der Waals surface area contributed by atoms with Crippen molar-refractivity contribution in [1.29, 1.82) is 0 Å². The number of hydrogen-bond acceptors (Lipinski definition) is 3. The maximum absolute atomic E-state index is 13.2. The van der Waals surface area contributed by atoms with E-state index in [4.69, 9.17) is 0 Å². The maximum atomic E-state index is 13.2. The van der Waals surface area contributed by atoms with Crippen LogP contribution in [0.2, 0.25) is 0 Å². The third kappa shape index (κ3) is 4.42. The van der Waals surface area contributed by atoms with Crippen LogP contribution in [0.25, 0.3) is 0 Å². The molecule has 3 rings (SSSR count). The molecule has 1 atom stereocenters. The zero-order valence-corrected chi connectivity index (χ0v) is 16.9.